The van der Waals surface area contributed by atoms with Crippen molar-refractivity contribution >= 4 is 16.0 Å². The zero-order valence-electron chi connectivity index (χ0n) is 10.5. The molecule has 1 rings (SSSR count). The van der Waals surface area contributed by atoms with Gasteiger partial charge in [-0.05, 0) is 25.1 Å². The molecule has 6 nitrogen and oxygen atoms in total. The van der Waals surface area contributed by atoms with Crippen molar-refractivity contribution < 1.29 is 27.1 Å². The van der Waals surface area contributed by atoms with E-state index in [1.807, 2.05) is 4.72 Å². The monoisotopic (exact) mass is 291 g/mol. The van der Waals surface area contributed by atoms with E-state index in [2.05, 4.69) is 9.47 Å². The van der Waals surface area contributed by atoms with E-state index < -0.39 is 28.4 Å². The number of rotatable bonds is 6. The smallest absolute Gasteiger partial charge is 0.321 e. The van der Waals surface area contributed by atoms with E-state index in [4.69, 9.17) is 0 Å². The Labute approximate surface area is 110 Å². The number of nitrogens with one attached hydrogen (secondary N) is 1. The number of ether oxygens (including phenoxy) is 2. The van der Waals surface area contributed by atoms with Crippen LogP contribution in [0, 0.1) is 5.82 Å². The molecule has 0 unspecified atom stereocenters. The number of halogens is 1. The van der Waals surface area contributed by atoms with Crippen molar-refractivity contribution in [2.75, 3.05) is 20.3 Å². The molecule has 0 fully saturated rings. The maximum atomic E-state index is 13.4. The van der Waals surface area contributed by atoms with Crippen LogP contribution in [0.1, 0.15) is 6.92 Å². The van der Waals surface area contributed by atoms with Gasteiger partial charge in [-0.3, -0.25) is 4.79 Å². The second-order valence-electron chi connectivity index (χ2n) is 3.43. The fraction of sp³-hybridized carbons (Fsp3) is 0.364. The Bertz CT molecular complexity index is 558. The summed E-state index contributed by atoms with van der Waals surface area (Å²) >= 11 is 0. The van der Waals surface area contributed by atoms with Gasteiger partial charge in [-0.25, -0.2) is 12.8 Å². The van der Waals surface area contributed by atoms with E-state index in [9.17, 15) is 17.6 Å². The van der Waals surface area contributed by atoms with Crippen LogP contribution in [0.4, 0.5) is 4.39 Å². The van der Waals surface area contributed by atoms with Gasteiger partial charge in [-0.1, -0.05) is 0 Å². The van der Waals surface area contributed by atoms with Crippen molar-refractivity contribution in [2.24, 2.45) is 0 Å². The summed E-state index contributed by atoms with van der Waals surface area (Å²) in [5.41, 5.74) is 0. The minimum absolute atomic E-state index is 0.0654. The first-order valence-electron chi connectivity index (χ1n) is 5.39. The Morgan fingerprint density at radius 2 is 2.11 bits per heavy atom. The van der Waals surface area contributed by atoms with E-state index in [1.165, 1.54) is 19.2 Å². The van der Waals surface area contributed by atoms with Gasteiger partial charge in [0.1, 0.15) is 6.54 Å². The van der Waals surface area contributed by atoms with Gasteiger partial charge in [0.05, 0.1) is 18.6 Å². The van der Waals surface area contributed by atoms with Crippen molar-refractivity contribution in [3.63, 3.8) is 0 Å². The maximum absolute atomic E-state index is 13.4. The van der Waals surface area contributed by atoms with E-state index in [0.717, 1.165) is 6.07 Å². The number of esters is 1. The average molecular weight is 291 g/mol. The highest BCUT2D eigenvalue weighted by Crippen LogP contribution is 2.20. The van der Waals surface area contributed by atoms with Crippen LogP contribution in [-0.4, -0.2) is 34.6 Å². The molecule has 8 heteroatoms. The zero-order valence-corrected chi connectivity index (χ0v) is 11.3. The largest absolute Gasteiger partial charge is 0.494 e. The summed E-state index contributed by atoms with van der Waals surface area (Å²) in [6.45, 7) is 1.24. The number of methoxy groups -OCH3 is 1. The Morgan fingerprint density at radius 1 is 1.42 bits per heavy atom. The van der Waals surface area contributed by atoms with Crippen LogP contribution < -0.4 is 9.46 Å². The normalized spacial score (nSPS) is 11.1. The van der Waals surface area contributed by atoms with Crippen molar-refractivity contribution in [3.8, 4) is 5.75 Å². The number of hydrogen-bond acceptors (Lipinski definition) is 5. The Balaban J connectivity index is 2.83. The molecule has 0 heterocycles. The molecule has 0 amide bonds. The van der Waals surface area contributed by atoms with E-state index in [0.29, 0.717) is 0 Å². The molecule has 0 spiro atoms. The summed E-state index contributed by atoms with van der Waals surface area (Å²) in [5.74, 6) is -1.58. The molecule has 0 saturated heterocycles. The lowest BCUT2D eigenvalue weighted by Gasteiger charge is -2.08. The Kier molecular flexibility index (Phi) is 5.25. The molecule has 19 heavy (non-hydrogen) atoms. The molecule has 0 bridgehead atoms. The van der Waals surface area contributed by atoms with Gasteiger partial charge in [-0.2, -0.15) is 4.72 Å². The first-order chi connectivity index (χ1) is 8.90. The van der Waals surface area contributed by atoms with Crippen LogP contribution in [0.3, 0.4) is 0 Å². The van der Waals surface area contributed by atoms with Crippen LogP contribution in [0.15, 0.2) is 23.1 Å². The second-order valence-corrected chi connectivity index (χ2v) is 5.19. The van der Waals surface area contributed by atoms with Gasteiger partial charge < -0.3 is 9.47 Å². The van der Waals surface area contributed by atoms with E-state index >= 15 is 0 Å². The molecule has 0 saturated carbocycles. The molecule has 0 aromatic heterocycles. The van der Waals surface area contributed by atoms with Crippen LogP contribution in [0.2, 0.25) is 0 Å². The van der Waals surface area contributed by atoms with Crippen molar-refractivity contribution in [3.05, 3.63) is 24.0 Å². The summed E-state index contributed by atoms with van der Waals surface area (Å²) in [7, 11) is -2.70. The third-order valence-electron chi connectivity index (χ3n) is 2.15. The van der Waals surface area contributed by atoms with Gasteiger partial charge in [0, 0.05) is 0 Å². The summed E-state index contributed by atoms with van der Waals surface area (Å²) in [4.78, 5) is 10.7. The van der Waals surface area contributed by atoms with Crippen LogP contribution in [0.25, 0.3) is 0 Å². The highest BCUT2D eigenvalue weighted by atomic mass is 32.2. The predicted molar refractivity (Wildman–Crippen MR) is 64.8 cm³/mol. The first kappa shape index (κ1) is 15.4. The fourth-order valence-corrected chi connectivity index (χ4v) is 2.24. The lowest BCUT2D eigenvalue weighted by molar-refractivity contribution is -0.141. The third kappa shape index (κ3) is 4.18. The molecule has 0 radical (unpaired) electrons. The Morgan fingerprint density at radius 3 is 2.63 bits per heavy atom. The molecule has 0 atom stereocenters. The zero-order chi connectivity index (χ0) is 14.5. The molecule has 1 aromatic carbocycles. The number of carbonyl (C=O) groups excluding carboxylic acids is 1. The lowest BCUT2D eigenvalue weighted by atomic mass is 10.3. The molecule has 1 N–H and O–H groups in total. The molecular formula is C11H14FNO5S. The second kappa shape index (κ2) is 6.48. The number of carbonyl (C=O) groups is 1. The van der Waals surface area contributed by atoms with Gasteiger partial charge in [0.2, 0.25) is 10.0 Å². The van der Waals surface area contributed by atoms with E-state index in [-0.39, 0.29) is 17.3 Å². The minimum atomic E-state index is -3.97. The molecule has 1 aromatic rings. The average Bonchev–Trinajstić information content (AvgIpc) is 2.37. The summed E-state index contributed by atoms with van der Waals surface area (Å²) in [6, 6.07) is 3.18. The molecule has 0 aliphatic heterocycles. The van der Waals surface area contributed by atoms with Gasteiger partial charge >= 0.3 is 5.97 Å². The van der Waals surface area contributed by atoms with Crippen molar-refractivity contribution in [1.29, 1.82) is 0 Å². The molecule has 0 aliphatic carbocycles. The highest BCUT2D eigenvalue weighted by Gasteiger charge is 2.18. The lowest BCUT2D eigenvalue weighted by Crippen LogP contribution is -2.30. The van der Waals surface area contributed by atoms with E-state index in [1.54, 1.807) is 6.92 Å². The highest BCUT2D eigenvalue weighted by molar-refractivity contribution is 7.89. The minimum Gasteiger partial charge on any atom is -0.494 e. The first-order valence-corrected chi connectivity index (χ1v) is 6.88. The quantitative estimate of drug-likeness (QED) is 0.779. The van der Waals surface area contributed by atoms with Gasteiger partial charge in [0.15, 0.2) is 11.6 Å². The SMILES string of the molecule is CCOC(=O)CNS(=O)(=O)c1ccc(OC)c(F)c1. The molecule has 106 valence electrons. The summed E-state index contributed by atoms with van der Waals surface area (Å²) in [6.07, 6.45) is 0. The Hall–Kier alpha value is -1.67. The fourth-order valence-electron chi connectivity index (χ4n) is 1.26. The molecular weight excluding hydrogens is 277 g/mol. The standard InChI is InChI=1S/C11H14FNO5S/c1-3-18-11(14)7-13-19(15,16)8-4-5-10(17-2)9(12)6-8/h4-6,13H,3,7H2,1-2H3. The third-order valence-corrected chi connectivity index (χ3v) is 3.54. The maximum Gasteiger partial charge on any atom is 0.321 e. The number of hydrogen-bond donors (Lipinski definition) is 1. The predicted octanol–water partition coefficient (Wildman–Crippen LogP) is 0.676. The number of benzene rings is 1. The van der Waals surface area contributed by atoms with Crippen LogP contribution in [0.5, 0.6) is 5.75 Å². The van der Waals surface area contributed by atoms with Crippen molar-refractivity contribution in [1.82, 2.24) is 4.72 Å². The summed E-state index contributed by atoms with van der Waals surface area (Å²) < 4.78 is 48.2. The van der Waals surface area contributed by atoms with Gasteiger partial charge in [0.25, 0.3) is 0 Å². The van der Waals surface area contributed by atoms with Crippen LogP contribution in [-0.2, 0) is 19.6 Å². The van der Waals surface area contributed by atoms with Crippen molar-refractivity contribution in [2.45, 2.75) is 11.8 Å². The topological polar surface area (TPSA) is 81.7 Å². The molecule has 0 aliphatic rings. The van der Waals surface area contributed by atoms with Gasteiger partial charge in [-0.15, -0.1) is 0 Å². The van der Waals surface area contributed by atoms with Crippen LogP contribution >= 0.6 is 0 Å². The number of sulfonamides is 1. The summed E-state index contributed by atoms with van der Waals surface area (Å²) in [5, 5.41) is 0.